The molecule has 2 unspecified atom stereocenters. The van der Waals surface area contributed by atoms with Crippen LogP contribution in [0.1, 0.15) is 35.9 Å². The highest BCUT2D eigenvalue weighted by Gasteiger charge is 2.30. The van der Waals surface area contributed by atoms with E-state index in [1.54, 1.807) is 4.90 Å². The Balaban J connectivity index is 1.75. The average Bonchev–Trinajstić information content (AvgIpc) is 3.10. The number of likely N-dealkylation sites (tertiary alicyclic amines) is 1. The molecule has 0 aromatic carbocycles. The van der Waals surface area contributed by atoms with E-state index >= 15 is 0 Å². The number of thiazole rings is 1. The van der Waals surface area contributed by atoms with Crippen LogP contribution in [-0.2, 0) is 0 Å². The Bertz CT molecular complexity index is 527. The van der Waals surface area contributed by atoms with Crippen LogP contribution in [-0.4, -0.2) is 53.2 Å². The molecule has 1 amide bonds. The summed E-state index contributed by atoms with van der Waals surface area (Å²) in [5, 5.41) is 10.8. The van der Waals surface area contributed by atoms with Gasteiger partial charge in [-0.2, -0.15) is 0 Å². The van der Waals surface area contributed by atoms with Gasteiger partial charge in [0.2, 0.25) is 0 Å². The molecule has 2 atom stereocenters. The zero-order valence-corrected chi connectivity index (χ0v) is 13.1. The van der Waals surface area contributed by atoms with E-state index < -0.39 is 6.10 Å². The number of aliphatic hydroxyl groups is 1. The molecule has 3 heterocycles. The standard InChI is InChI=1S/C14H22N4O2S/c1-9-4-7-18(8-10(9)19)13(20)11-12(15)16-14(21-11)17-5-2-3-6-17/h9-10,19H,2-8,15H2,1H3. The van der Waals surface area contributed by atoms with Crippen molar-refractivity contribution in [1.29, 1.82) is 0 Å². The van der Waals surface area contributed by atoms with Crippen molar-refractivity contribution in [3.8, 4) is 0 Å². The van der Waals surface area contributed by atoms with E-state index in [9.17, 15) is 9.90 Å². The molecule has 0 spiro atoms. The number of piperidine rings is 1. The number of amides is 1. The van der Waals surface area contributed by atoms with Gasteiger partial charge in [0.15, 0.2) is 5.13 Å². The summed E-state index contributed by atoms with van der Waals surface area (Å²) in [5.41, 5.74) is 5.94. The number of anilines is 2. The SMILES string of the molecule is CC1CCN(C(=O)c2sc(N3CCCC3)nc2N)CC1O. The van der Waals surface area contributed by atoms with Gasteiger partial charge < -0.3 is 20.6 Å². The van der Waals surface area contributed by atoms with Gasteiger partial charge in [-0.1, -0.05) is 18.3 Å². The van der Waals surface area contributed by atoms with Crippen LogP contribution in [0.4, 0.5) is 10.9 Å². The van der Waals surface area contributed by atoms with Crippen molar-refractivity contribution in [2.75, 3.05) is 36.8 Å². The fourth-order valence-corrected chi connectivity index (χ4v) is 3.90. The summed E-state index contributed by atoms with van der Waals surface area (Å²) in [6.45, 7) is 5.05. The number of carbonyl (C=O) groups is 1. The van der Waals surface area contributed by atoms with Gasteiger partial charge in [-0.05, 0) is 25.2 Å². The Labute approximate surface area is 128 Å². The van der Waals surface area contributed by atoms with Crippen LogP contribution in [0.3, 0.4) is 0 Å². The van der Waals surface area contributed by atoms with Gasteiger partial charge in [-0.3, -0.25) is 4.79 Å². The van der Waals surface area contributed by atoms with Crippen LogP contribution >= 0.6 is 11.3 Å². The number of carbonyl (C=O) groups excluding carboxylic acids is 1. The molecule has 116 valence electrons. The zero-order valence-electron chi connectivity index (χ0n) is 12.3. The highest BCUT2D eigenvalue weighted by molar-refractivity contribution is 7.18. The first-order valence-electron chi connectivity index (χ1n) is 7.55. The topological polar surface area (TPSA) is 82.7 Å². The predicted molar refractivity (Wildman–Crippen MR) is 83.7 cm³/mol. The minimum Gasteiger partial charge on any atom is -0.391 e. The summed E-state index contributed by atoms with van der Waals surface area (Å²) in [6, 6.07) is 0. The number of β-amino-alcohol motifs (C(OH)–C–C–N with tert-alkyl or cyclic N) is 1. The second-order valence-corrected chi connectivity index (χ2v) is 6.97. The van der Waals surface area contributed by atoms with E-state index in [1.165, 1.54) is 24.2 Å². The Morgan fingerprint density at radius 2 is 2.10 bits per heavy atom. The van der Waals surface area contributed by atoms with Crippen LogP contribution in [0.5, 0.6) is 0 Å². The Hall–Kier alpha value is -1.34. The maximum Gasteiger partial charge on any atom is 0.267 e. The first-order chi connectivity index (χ1) is 10.1. The number of nitrogens with two attached hydrogens (primary N) is 1. The predicted octanol–water partition coefficient (Wildman–Crippen LogP) is 1.17. The van der Waals surface area contributed by atoms with Crippen LogP contribution in [0.25, 0.3) is 0 Å². The summed E-state index contributed by atoms with van der Waals surface area (Å²) in [5.74, 6) is 0.467. The number of nitrogen functional groups attached to an aromatic ring is 1. The van der Waals surface area contributed by atoms with Crippen LogP contribution in [0, 0.1) is 5.92 Å². The minimum atomic E-state index is -0.449. The molecule has 0 bridgehead atoms. The summed E-state index contributed by atoms with van der Waals surface area (Å²) < 4.78 is 0. The first kappa shape index (κ1) is 14.6. The highest BCUT2D eigenvalue weighted by atomic mass is 32.1. The largest absolute Gasteiger partial charge is 0.391 e. The van der Waals surface area contributed by atoms with Crippen molar-refractivity contribution >= 4 is 28.2 Å². The fourth-order valence-electron chi connectivity index (χ4n) is 2.89. The number of hydrogen-bond donors (Lipinski definition) is 2. The van der Waals surface area contributed by atoms with E-state index in [2.05, 4.69) is 9.88 Å². The quantitative estimate of drug-likeness (QED) is 0.857. The van der Waals surface area contributed by atoms with Gasteiger partial charge in [0.05, 0.1) is 6.10 Å². The highest BCUT2D eigenvalue weighted by Crippen LogP contribution is 2.32. The van der Waals surface area contributed by atoms with Crippen molar-refractivity contribution in [2.45, 2.75) is 32.3 Å². The Morgan fingerprint density at radius 1 is 1.38 bits per heavy atom. The van der Waals surface area contributed by atoms with E-state index in [0.29, 0.717) is 23.8 Å². The molecule has 3 rings (SSSR count). The molecule has 2 aliphatic heterocycles. The lowest BCUT2D eigenvalue weighted by atomic mass is 9.96. The third-order valence-electron chi connectivity index (χ3n) is 4.42. The maximum atomic E-state index is 12.6. The summed E-state index contributed by atoms with van der Waals surface area (Å²) in [4.78, 5) is 21.3. The lowest BCUT2D eigenvalue weighted by Gasteiger charge is -2.34. The molecule has 2 aliphatic rings. The van der Waals surface area contributed by atoms with E-state index in [0.717, 1.165) is 24.6 Å². The van der Waals surface area contributed by atoms with Gasteiger partial charge in [0.1, 0.15) is 10.7 Å². The molecule has 0 radical (unpaired) electrons. The minimum absolute atomic E-state index is 0.0959. The van der Waals surface area contributed by atoms with Crippen molar-refractivity contribution in [3.63, 3.8) is 0 Å². The molecular formula is C14H22N4O2S. The zero-order chi connectivity index (χ0) is 15.0. The van der Waals surface area contributed by atoms with Crippen LogP contribution in [0.2, 0.25) is 0 Å². The number of nitrogens with zero attached hydrogens (tertiary/aromatic N) is 3. The molecule has 2 fully saturated rings. The van der Waals surface area contributed by atoms with Gasteiger partial charge in [-0.15, -0.1) is 0 Å². The van der Waals surface area contributed by atoms with Crippen LogP contribution in [0.15, 0.2) is 0 Å². The molecule has 21 heavy (non-hydrogen) atoms. The number of aliphatic hydroxyl groups excluding tert-OH is 1. The first-order valence-corrected chi connectivity index (χ1v) is 8.36. The van der Waals surface area contributed by atoms with E-state index in [-0.39, 0.29) is 11.8 Å². The third kappa shape index (κ3) is 2.85. The summed E-state index contributed by atoms with van der Waals surface area (Å²) in [6.07, 6.45) is 2.71. The monoisotopic (exact) mass is 310 g/mol. The van der Waals surface area contributed by atoms with Gasteiger partial charge >= 0.3 is 0 Å². The lowest BCUT2D eigenvalue weighted by molar-refractivity contribution is 0.0252. The number of rotatable bonds is 2. The molecule has 3 N–H and O–H groups in total. The Kier molecular flexibility index (Phi) is 4.03. The van der Waals surface area contributed by atoms with Crippen molar-refractivity contribution in [1.82, 2.24) is 9.88 Å². The molecular weight excluding hydrogens is 288 g/mol. The van der Waals surface area contributed by atoms with Gasteiger partial charge in [0.25, 0.3) is 5.91 Å². The normalized spacial score (nSPS) is 26.4. The van der Waals surface area contributed by atoms with E-state index in [1.807, 2.05) is 6.92 Å². The third-order valence-corrected chi connectivity index (χ3v) is 5.54. The molecule has 6 nitrogen and oxygen atoms in total. The number of hydrogen-bond acceptors (Lipinski definition) is 6. The van der Waals surface area contributed by atoms with Gasteiger partial charge in [-0.25, -0.2) is 4.98 Å². The van der Waals surface area contributed by atoms with Crippen LogP contribution < -0.4 is 10.6 Å². The smallest absolute Gasteiger partial charge is 0.267 e. The van der Waals surface area contributed by atoms with Gasteiger partial charge in [0, 0.05) is 26.2 Å². The molecule has 2 saturated heterocycles. The van der Waals surface area contributed by atoms with E-state index in [4.69, 9.17) is 5.73 Å². The van der Waals surface area contributed by atoms with Crippen molar-refractivity contribution in [3.05, 3.63) is 4.88 Å². The molecule has 0 saturated carbocycles. The average molecular weight is 310 g/mol. The molecule has 1 aromatic heterocycles. The fraction of sp³-hybridized carbons (Fsp3) is 0.714. The number of aromatic nitrogens is 1. The second kappa shape index (κ2) is 5.81. The van der Waals surface area contributed by atoms with Crippen molar-refractivity contribution in [2.24, 2.45) is 5.92 Å². The van der Waals surface area contributed by atoms with Crippen molar-refractivity contribution < 1.29 is 9.90 Å². The second-order valence-electron chi connectivity index (χ2n) is 5.99. The molecule has 0 aliphatic carbocycles. The summed E-state index contributed by atoms with van der Waals surface area (Å²) in [7, 11) is 0. The molecule has 1 aromatic rings. The maximum absolute atomic E-state index is 12.6. The Morgan fingerprint density at radius 3 is 2.76 bits per heavy atom. The molecule has 7 heteroatoms. The summed E-state index contributed by atoms with van der Waals surface area (Å²) >= 11 is 1.38. The lowest BCUT2D eigenvalue weighted by Crippen LogP contribution is -2.45.